The number of alkyl halides is 3. The fourth-order valence-corrected chi connectivity index (χ4v) is 2.83. The molecule has 0 aliphatic heterocycles. The van der Waals surface area contributed by atoms with E-state index in [2.05, 4.69) is 0 Å². The molecule has 122 valence electrons. The van der Waals surface area contributed by atoms with Gasteiger partial charge in [-0.1, -0.05) is 25.0 Å². The Labute approximate surface area is 127 Å². The van der Waals surface area contributed by atoms with Gasteiger partial charge in [-0.15, -0.1) is 0 Å². The second-order valence-electron chi connectivity index (χ2n) is 6.06. The summed E-state index contributed by atoms with van der Waals surface area (Å²) < 4.78 is 38.0. The van der Waals surface area contributed by atoms with Crippen molar-refractivity contribution in [1.82, 2.24) is 4.90 Å². The van der Waals surface area contributed by atoms with Crippen LogP contribution in [0.25, 0.3) is 0 Å². The van der Waals surface area contributed by atoms with E-state index in [9.17, 15) is 23.1 Å². The summed E-state index contributed by atoms with van der Waals surface area (Å²) in [6, 6.07) is 4.95. The van der Waals surface area contributed by atoms with Crippen molar-refractivity contribution < 1.29 is 23.1 Å². The molecule has 1 aliphatic carbocycles. The number of hydrogen-bond donors (Lipinski definition) is 1. The van der Waals surface area contributed by atoms with Gasteiger partial charge in [-0.25, -0.2) is 0 Å². The molecule has 0 saturated heterocycles. The number of halogens is 3. The van der Waals surface area contributed by atoms with Gasteiger partial charge < -0.3 is 10.0 Å². The molecule has 1 aromatic rings. The van der Waals surface area contributed by atoms with E-state index in [0.717, 1.165) is 25.0 Å². The molecule has 2 rings (SSSR count). The largest absolute Gasteiger partial charge is 0.416 e. The van der Waals surface area contributed by atoms with Crippen LogP contribution in [0.5, 0.6) is 0 Å². The normalized spacial score (nSPS) is 17.5. The maximum atomic E-state index is 12.7. The summed E-state index contributed by atoms with van der Waals surface area (Å²) in [6.45, 7) is 0.0961. The number of nitrogens with zero attached hydrogens (tertiary/aromatic N) is 1. The van der Waals surface area contributed by atoms with Gasteiger partial charge in [0.25, 0.3) is 0 Å². The molecule has 1 amide bonds. The van der Waals surface area contributed by atoms with Gasteiger partial charge in [0.15, 0.2) is 0 Å². The van der Waals surface area contributed by atoms with Gasteiger partial charge in [-0.2, -0.15) is 13.2 Å². The third kappa shape index (κ3) is 4.22. The summed E-state index contributed by atoms with van der Waals surface area (Å²) in [5, 5.41) is 10.2. The number of hydrogen-bond acceptors (Lipinski definition) is 2. The first-order valence-corrected chi connectivity index (χ1v) is 7.32. The number of benzene rings is 1. The summed E-state index contributed by atoms with van der Waals surface area (Å²) in [7, 11) is 1.54. The smallest absolute Gasteiger partial charge is 0.389 e. The maximum absolute atomic E-state index is 12.7. The number of aliphatic hydroxyl groups is 1. The Bertz CT molecular complexity index is 536. The Morgan fingerprint density at radius 3 is 2.55 bits per heavy atom. The first kappa shape index (κ1) is 16.8. The molecule has 6 heteroatoms. The van der Waals surface area contributed by atoms with Crippen LogP contribution in [0.1, 0.15) is 43.2 Å². The van der Waals surface area contributed by atoms with Crippen LogP contribution in [0.3, 0.4) is 0 Å². The molecule has 1 aromatic carbocycles. The summed E-state index contributed by atoms with van der Waals surface area (Å²) in [5.41, 5.74) is -1.25. The number of carbonyl (C=O) groups is 1. The van der Waals surface area contributed by atoms with Gasteiger partial charge in [0.1, 0.15) is 0 Å². The van der Waals surface area contributed by atoms with Crippen molar-refractivity contribution in [1.29, 1.82) is 0 Å². The van der Waals surface area contributed by atoms with Gasteiger partial charge in [0, 0.05) is 13.6 Å². The first-order chi connectivity index (χ1) is 10.2. The summed E-state index contributed by atoms with van der Waals surface area (Å²) >= 11 is 0. The quantitative estimate of drug-likeness (QED) is 0.925. The lowest BCUT2D eigenvalue weighted by molar-refractivity contribution is -0.137. The van der Waals surface area contributed by atoms with Crippen LogP contribution in [-0.2, 0) is 17.5 Å². The molecule has 0 bridgehead atoms. The van der Waals surface area contributed by atoms with Crippen molar-refractivity contribution in [2.75, 3.05) is 7.05 Å². The Hall–Kier alpha value is -1.56. The van der Waals surface area contributed by atoms with Gasteiger partial charge in [0.2, 0.25) is 5.91 Å². The van der Waals surface area contributed by atoms with Crippen molar-refractivity contribution in [3.05, 3.63) is 35.4 Å². The summed E-state index contributed by atoms with van der Waals surface area (Å²) in [6.07, 6.45) is -1.34. The van der Waals surface area contributed by atoms with Crippen LogP contribution in [-0.4, -0.2) is 28.6 Å². The third-order valence-corrected chi connectivity index (χ3v) is 4.11. The van der Waals surface area contributed by atoms with E-state index < -0.39 is 17.3 Å². The molecule has 1 fully saturated rings. The summed E-state index contributed by atoms with van der Waals surface area (Å²) in [4.78, 5) is 13.5. The zero-order chi connectivity index (χ0) is 16.4. The molecule has 0 aromatic heterocycles. The lowest BCUT2D eigenvalue weighted by atomic mass is 9.97. The van der Waals surface area contributed by atoms with Gasteiger partial charge in [-0.3, -0.25) is 4.79 Å². The highest BCUT2D eigenvalue weighted by atomic mass is 19.4. The lowest BCUT2D eigenvalue weighted by Gasteiger charge is -2.25. The zero-order valence-electron chi connectivity index (χ0n) is 12.5. The van der Waals surface area contributed by atoms with E-state index in [1.165, 1.54) is 11.0 Å². The maximum Gasteiger partial charge on any atom is 0.416 e. The predicted octanol–water partition coefficient (Wildman–Crippen LogP) is 3.36. The van der Waals surface area contributed by atoms with Gasteiger partial charge >= 0.3 is 6.18 Å². The second-order valence-corrected chi connectivity index (χ2v) is 6.06. The Morgan fingerprint density at radius 2 is 1.95 bits per heavy atom. The zero-order valence-corrected chi connectivity index (χ0v) is 12.5. The van der Waals surface area contributed by atoms with Crippen LogP contribution >= 0.6 is 0 Å². The molecule has 0 unspecified atom stereocenters. The molecule has 0 radical (unpaired) electrons. The third-order valence-electron chi connectivity index (χ3n) is 4.11. The fraction of sp³-hybridized carbons (Fsp3) is 0.562. The minimum Gasteiger partial charge on any atom is -0.389 e. The van der Waals surface area contributed by atoms with Crippen LogP contribution in [0.4, 0.5) is 13.2 Å². The van der Waals surface area contributed by atoms with Crippen molar-refractivity contribution in [2.45, 2.75) is 50.4 Å². The molecular weight excluding hydrogens is 295 g/mol. The van der Waals surface area contributed by atoms with Crippen LogP contribution in [0, 0.1) is 0 Å². The first-order valence-electron chi connectivity index (χ1n) is 7.32. The molecule has 22 heavy (non-hydrogen) atoms. The standard InChI is InChI=1S/C16H20F3NO2/c1-20(14(21)10-15(22)7-2-3-8-15)11-12-5-4-6-13(9-12)16(17,18)19/h4-6,9,22H,2-3,7-8,10-11H2,1H3. The number of amides is 1. The topological polar surface area (TPSA) is 40.5 Å². The Balaban J connectivity index is 1.99. The fourth-order valence-electron chi connectivity index (χ4n) is 2.83. The SMILES string of the molecule is CN(Cc1cccc(C(F)(F)F)c1)C(=O)CC1(O)CCCC1. The van der Waals surface area contributed by atoms with Crippen LogP contribution in [0.15, 0.2) is 24.3 Å². The van der Waals surface area contributed by atoms with Crippen molar-refractivity contribution in [2.24, 2.45) is 0 Å². The molecule has 1 N–H and O–H groups in total. The summed E-state index contributed by atoms with van der Waals surface area (Å²) in [5.74, 6) is -0.248. The Morgan fingerprint density at radius 1 is 1.32 bits per heavy atom. The number of rotatable bonds is 4. The molecule has 3 nitrogen and oxygen atoms in total. The van der Waals surface area contributed by atoms with E-state index >= 15 is 0 Å². The lowest BCUT2D eigenvalue weighted by Crippen LogP contribution is -2.35. The van der Waals surface area contributed by atoms with E-state index in [0.29, 0.717) is 18.4 Å². The molecule has 1 aliphatic rings. The van der Waals surface area contributed by atoms with E-state index in [4.69, 9.17) is 0 Å². The van der Waals surface area contributed by atoms with E-state index in [-0.39, 0.29) is 18.9 Å². The average Bonchev–Trinajstić information content (AvgIpc) is 2.84. The van der Waals surface area contributed by atoms with E-state index in [1.54, 1.807) is 13.1 Å². The van der Waals surface area contributed by atoms with E-state index in [1.807, 2.05) is 0 Å². The van der Waals surface area contributed by atoms with Crippen molar-refractivity contribution >= 4 is 5.91 Å². The van der Waals surface area contributed by atoms with Crippen LogP contribution in [0.2, 0.25) is 0 Å². The highest BCUT2D eigenvalue weighted by molar-refractivity contribution is 5.77. The predicted molar refractivity (Wildman–Crippen MR) is 76.0 cm³/mol. The highest BCUT2D eigenvalue weighted by Crippen LogP contribution is 2.33. The Kier molecular flexibility index (Phi) is 4.80. The monoisotopic (exact) mass is 315 g/mol. The molecule has 1 saturated carbocycles. The highest BCUT2D eigenvalue weighted by Gasteiger charge is 2.34. The second kappa shape index (κ2) is 6.28. The van der Waals surface area contributed by atoms with Gasteiger partial charge in [-0.05, 0) is 30.5 Å². The number of carbonyl (C=O) groups excluding carboxylic acids is 1. The molecule has 0 spiro atoms. The minimum absolute atomic E-state index is 0.0302. The molecular formula is C16H20F3NO2. The van der Waals surface area contributed by atoms with Crippen molar-refractivity contribution in [3.63, 3.8) is 0 Å². The minimum atomic E-state index is -4.39. The van der Waals surface area contributed by atoms with Gasteiger partial charge in [0.05, 0.1) is 17.6 Å². The van der Waals surface area contributed by atoms with Crippen molar-refractivity contribution in [3.8, 4) is 0 Å². The average molecular weight is 315 g/mol. The van der Waals surface area contributed by atoms with Crippen LogP contribution < -0.4 is 0 Å². The molecule has 0 heterocycles. The molecule has 0 atom stereocenters.